The van der Waals surface area contributed by atoms with Crippen molar-refractivity contribution in [1.29, 1.82) is 0 Å². The first kappa shape index (κ1) is 26.6. The number of anilines is 1. The van der Waals surface area contributed by atoms with Gasteiger partial charge in [-0.25, -0.2) is 4.68 Å². The van der Waals surface area contributed by atoms with Gasteiger partial charge in [0.2, 0.25) is 0 Å². The molecule has 3 heterocycles. The molecule has 1 aromatic heterocycles. The second-order valence-corrected chi connectivity index (χ2v) is 7.21. The van der Waals surface area contributed by atoms with Crippen LogP contribution in [-0.2, 0) is 4.79 Å². The van der Waals surface area contributed by atoms with Gasteiger partial charge in [-0.05, 0) is 37.5 Å². The zero-order valence-electron chi connectivity index (χ0n) is 19.0. The van der Waals surface area contributed by atoms with Gasteiger partial charge in [0.15, 0.2) is 0 Å². The Morgan fingerprint density at radius 3 is 2.26 bits per heavy atom. The van der Waals surface area contributed by atoms with Crippen molar-refractivity contribution in [1.82, 2.24) is 14.7 Å². The minimum Gasteiger partial charge on any atom is -0.344 e. The number of carbonyl (C=O) groups is 1. The van der Waals surface area contributed by atoms with Crippen LogP contribution in [0.1, 0.15) is 59.1 Å². The Morgan fingerprint density at radius 2 is 1.68 bits per heavy atom. The molecule has 1 N–H and O–H groups in total. The molecular formula is C24H32Cl2N4O. The van der Waals surface area contributed by atoms with Gasteiger partial charge in [0.1, 0.15) is 11.9 Å². The van der Waals surface area contributed by atoms with E-state index < -0.39 is 0 Å². The average Bonchev–Trinajstić information content (AvgIpc) is 3.51. The Hall–Kier alpha value is -2.42. The summed E-state index contributed by atoms with van der Waals surface area (Å²) in [6.07, 6.45) is 11.8. The van der Waals surface area contributed by atoms with Crippen molar-refractivity contribution in [3.8, 4) is 12.8 Å². The van der Waals surface area contributed by atoms with Crippen molar-refractivity contribution < 1.29 is 4.79 Å². The number of hydrogen-bond donors (Lipinski definition) is 1. The van der Waals surface area contributed by atoms with Crippen LogP contribution >= 0.6 is 23.2 Å². The molecule has 4 rings (SSSR count). The lowest BCUT2D eigenvalue weighted by Crippen LogP contribution is -2.36. The van der Waals surface area contributed by atoms with Crippen LogP contribution in [0.15, 0.2) is 41.7 Å². The number of terminal acetylenes is 1. The molecule has 1 saturated heterocycles. The van der Waals surface area contributed by atoms with Gasteiger partial charge in [0.05, 0.1) is 21.8 Å². The summed E-state index contributed by atoms with van der Waals surface area (Å²) < 4.78 is 1.83. The zero-order valence-corrected chi connectivity index (χ0v) is 20.5. The maximum absolute atomic E-state index is 13.2. The van der Waals surface area contributed by atoms with Crippen molar-refractivity contribution in [3.05, 3.63) is 57.3 Å². The lowest BCUT2D eigenvalue weighted by Gasteiger charge is -2.32. The minimum atomic E-state index is -0.325. The van der Waals surface area contributed by atoms with Gasteiger partial charge in [-0.1, -0.05) is 57.0 Å². The van der Waals surface area contributed by atoms with E-state index in [1.807, 2.05) is 62.4 Å². The van der Waals surface area contributed by atoms with Crippen LogP contribution < -0.4 is 5.32 Å². The predicted octanol–water partition coefficient (Wildman–Crippen LogP) is 6.40. The molecule has 0 saturated carbocycles. The SMILES string of the molecule is C#C.CC.CC.CC1=C(C(=O)N2CCCC2)C(c2ccc(Cl)c(Cl)c2)n2nccc2N1. The van der Waals surface area contributed by atoms with Crippen LogP contribution in [0.3, 0.4) is 0 Å². The second-order valence-electron chi connectivity index (χ2n) is 6.40. The number of fused-ring (bicyclic) bond motifs is 1. The second kappa shape index (κ2) is 13.1. The first-order valence-corrected chi connectivity index (χ1v) is 11.4. The molecule has 2 aliphatic heterocycles. The number of likely N-dealkylation sites (tertiary alicyclic amines) is 1. The molecule has 2 aromatic rings. The third-order valence-electron chi connectivity index (χ3n) is 4.79. The summed E-state index contributed by atoms with van der Waals surface area (Å²) in [5, 5.41) is 8.69. The number of amides is 1. The highest BCUT2D eigenvalue weighted by molar-refractivity contribution is 6.42. The van der Waals surface area contributed by atoms with Crippen LogP contribution in [0.4, 0.5) is 5.82 Å². The molecule has 2 aliphatic rings. The highest BCUT2D eigenvalue weighted by Gasteiger charge is 2.35. The number of rotatable bonds is 2. The number of hydrogen-bond acceptors (Lipinski definition) is 3. The fourth-order valence-electron chi connectivity index (χ4n) is 3.56. The molecule has 0 aliphatic carbocycles. The van der Waals surface area contributed by atoms with Crippen LogP contribution in [0, 0.1) is 12.8 Å². The number of nitrogens with zero attached hydrogens (tertiary/aromatic N) is 3. The molecule has 1 fully saturated rings. The molecule has 31 heavy (non-hydrogen) atoms. The van der Waals surface area contributed by atoms with Crippen molar-refractivity contribution in [2.75, 3.05) is 18.4 Å². The summed E-state index contributed by atoms with van der Waals surface area (Å²) in [5.74, 6) is 0.909. The van der Waals surface area contributed by atoms with E-state index in [-0.39, 0.29) is 11.9 Å². The van der Waals surface area contributed by atoms with Crippen molar-refractivity contribution in [3.63, 3.8) is 0 Å². The average molecular weight is 463 g/mol. The van der Waals surface area contributed by atoms with Gasteiger partial charge in [0.25, 0.3) is 5.91 Å². The highest BCUT2D eigenvalue weighted by Crippen LogP contribution is 2.38. The standard InChI is InChI=1S/C18H18Cl2N4O.2C2H6.C2H2/c1-11-16(18(25)23-8-2-3-9-23)17(24-15(22-11)6-7-21-24)12-4-5-13(19)14(20)10-12;3*1-2/h4-7,10,17,22H,2-3,8-9H2,1H3;2*1-2H3;1-2H. The van der Waals surface area contributed by atoms with E-state index >= 15 is 0 Å². The summed E-state index contributed by atoms with van der Waals surface area (Å²) in [5.41, 5.74) is 2.44. The van der Waals surface area contributed by atoms with E-state index in [2.05, 4.69) is 23.3 Å². The van der Waals surface area contributed by atoms with Crippen molar-refractivity contribution in [2.24, 2.45) is 0 Å². The van der Waals surface area contributed by atoms with Crippen LogP contribution in [0.5, 0.6) is 0 Å². The quantitative estimate of drug-likeness (QED) is 0.524. The number of benzene rings is 1. The van der Waals surface area contributed by atoms with Gasteiger partial charge in [-0.2, -0.15) is 5.10 Å². The van der Waals surface area contributed by atoms with Gasteiger partial charge >= 0.3 is 0 Å². The van der Waals surface area contributed by atoms with Crippen LogP contribution in [0.25, 0.3) is 0 Å². The Morgan fingerprint density at radius 1 is 1.06 bits per heavy atom. The third-order valence-corrected chi connectivity index (χ3v) is 5.53. The fraction of sp³-hybridized carbons (Fsp3) is 0.417. The number of allylic oxidation sites excluding steroid dienone is 1. The maximum atomic E-state index is 13.2. The van der Waals surface area contributed by atoms with Gasteiger partial charge in [-0.3, -0.25) is 4.79 Å². The molecule has 168 valence electrons. The smallest absolute Gasteiger partial charge is 0.254 e. The summed E-state index contributed by atoms with van der Waals surface area (Å²) in [6, 6.07) is 7.05. The van der Waals surface area contributed by atoms with Crippen LogP contribution in [0.2, 0.25) is 10.0 Å². The fourth-order valence-corrected chi connectivity index (χ4v) is 3.87. The normalized spacial score (nSPS) is 16.4. The summed E-state index contributed by atoms with van der Waals surface area (Å²) >= 11 is 12.3. The first-order chi connectivity index (χ1) is 15.1. The Kier molecular flexibility index (Phi) is 11.2. The predicted molar refractivity (Wildman–Crippen MR) is 132 cm³/mol. The molecular weight excluding hydrogens is 431 g/mol. The van der Waals surface area contributed by atoms with Crippen LogP contribution in [-0.4, -0.2) is 33.7 Å². The Bertz CT molecular complexity index is 911. The minimum absolute atomic E-state index is 0.0553. The topological polar surface area (TPSA) is 50.2 Å². The third kappa shape index (κ3) is 5.84. The summed E-state index contributed by atoms with van der Waals surface area (Å²) in [4.78, 5) is 15.1. The number of carbonyl (C=O) groups excluding carboxylic acids is 1. The number of nitrogens with one attached hydrogen (secondary N) is 1. The van der Waals surface area contributed by atoms with E-state index in [1.54, 1.807) is 12.3 Å². The van der Waals surface area contributed by atoms with E-state index in [4.69, 9.17) is 23.2 Å². The van der Waals surface area contributed by atoms with Crippen molar-refractivity contribution in [2.45, 2.75) is 53.5 Å². The largest absolute Gasteiger partial charge is 0.344 e. The number of halogens is 2. The van der Waals surface area contributed by atoms with Gasteiger partial charge < -0.3 is 10.2 Å². The first-order valence-electron chi connectivity index (χ1n) is 10.6. The molecule has 1 atom stereocenters. The lowest BCUT2D eigenvalue weighted by atomic mass is 9.94. The van der Waals surface area contributed by atoms with E-state index in [0.717, 1.165) is 43.0 Å². The molecule has 0 spiro atoms. The molecule has 1 unspecified atom stereocenters. The van der Waals surface area contributed by atoms with E-state index in [0.29, 0.717) is 15.6 Å². The summed E-state index contributed by atoms with van der Waals surface area (Å²) in [7, 11) is 0. The van der Waals surface area contributed by atoms with Crippen molar-refractivity contribution >= 4 is 34.9 Å². The van der Waals surface area contributed by atoms with Gasteiger partial charge in [-0.15, -0.1) is 12.8 Å². The number of aromatic nitrogens is 2. The molecule has 7 heteroatoms. The maximum Gasteiger partial charge on any atom is 0.254 e. The summed E-state index contributed by atoms with van der Waals surface area (Å²) in [6.45, 7) is 11.5. The van der Waals surface area contributed by atoms with E-state index in [9.17, 15) is 4.79 Å². The Labute approximate surface area is 196 Å². The monoisotopic (exact) mass is 462 g/mol. The zero-order chi connectivity index (χ0) is 23.6. The van der Waals surface area contributed by atoms with E-state index in [1.165, 1.54) is 0 Å². The molecule has 1 aromatic carbocycles. The molecule has 5 nitrogen and oxygen atoms in total. The Balaban J connectivity index is 0.000000739. The lowest BCUT2D eigenvalue weighted by molar-refractivity contribution is -0.126. The molecule has 1 amide bonds. The molecule has 0 bridgehead atoms. The molecule has 0 radical (unpaired) electrons. The highest BCUT2D eigenvalue weighted by atomic mass is 35.5. The van der Waals surface area contributed by atoms with Gasteiger partial charge in [0, 0.05) is 24.9 Å².